The molecule has 3 aromatic carbocycles. The van der Waals surface area contributed by atoms with Gasteiger partial charge < -0.3 is 14.5 Å². The summed E-state index contributed by atoms with van der Waals surface area (Å²) in [6, 6.07) is 22.9. The predicted molar refractivity (Wildman–Crippen MR) is 132 cm³/mol. The molecule has 1 heterocycles. The van der Waals surface area contributed by atoms with Crippen LogP contribution in [0.15, 0.2) is 94.2 Å². The topological polar surface area (TPSA) is 106 Å². The monoisotopic (exact) mass is 492 g/mol. The Morgan fingerprint density at radius 1 is 0.971 bits per heavy atom. The summed E-state index contributed by atoms with van der Waals surface area (Å²) in [6.07, 6.45) is 0. The van der Waals surface area contributed by atoms with Gasteiger partial charge >= 0.3 is 5.97 Å². The number of sulfonamides is 1. The molecule has 0 saturated carbocycles. The van der Waals surface area contributed by atoms with Crippen LogP contribution in [0.3, 0.4) is 0 Å². The van der Waals surface area contributed by atoms with Crippen LogP contribution in [-0.2, 0) is 19.6 Å². The second kappa shape index (κ2) is 10.0. The van der Waals surface area contributed by atoms with Gasteiger partial charge in [-0.25, -0.2) is 13.2 Å². The minimum Gasteiger partial charge on any atom is -0.459 e. The third kappa shape index (κ3) is 5.36. The Morgan fingerprint density at radius 2 is 1.63 bits per heavy atom. The number of benzene rings is 3. The van der Waals surface area contributed by atoms with E-state index < -0.39 is 34.5 Å². The number of fused-ring (bicyclic) bond motifs is 1. The van der Waals surface area contributed by atoms with Gasteiger partial charge in [-0.1, -0.05) is 36.4 Å². The second-order valence-electron chi connectivity index (χ2n) is 7.88. The lowest BCUT2D eigenvalue weighted by Crippen LogP contribution is -2.31. The van der Waals surface area contributed by atoms with E-state index in [2.05, 4.69) is 5.32 Å². The highest BCUT2D eigenvalue weighted by Gasteiger charge is 2.22. The van der Waals surface area contributed by atoms with E-state index in [0.717, 1.165) is 15.3 Å². The summed E-state index contributed by atoms with van der Waals surface area (Å²) < 4.78 is 37.7. The summed E-state index contributed by atoms with van der Waals surface area (Å²) in [7, 11) is -2.35. The molecule has 0 spiro atoms. The molecule has 0 saturated heterocycles. The van der Waals surface area contributed by atoms with Crippen LogP contribution in [0.2, 0.25) is 0 Å². The highest BCUT2D eigenvalue weighted by molar-refractivity contribution is 7.92. The average Bonchev–Trinajstić information content (AvgIpc) is 3.32. The van der Waals surface area contributed by atoms with E-state index in [4.69, 9.17) is 9.15 Å². The van der Waals surface area contributed by atoms with Gasteiger partial charge in [0.1, 0.15) is 11.3 Å². The molecule has 1 N–H and O–H groups in total. The molecule has 9 heteroatoms. The van der Waals surface area contributed by atoms with Crippen LogP contribution in [0.1, 0.15) is 29.1 Å². The number of hydrogen-bond acceptors (Lipinski definition) is 6. The summed E-state index contributed by atoms with van der Waals surface area (Å²) in [5.74, 6) is -0.643. The highest BCUT2D eigenvalue weighted by atomic mass is 32.2. The van der Waals surface area contributed by atoms with Gasteiger partial charge in [0.15, 0.2) is 6.61 Å². The third-order valence-corrected chi connectivity index (χ3v) is 7.25. The van der Waals surface area contributed by atoms with E-state index >= 15 is 0 Å². The molecule has 0 fully saturated rings. The molecule has 180 valence electrons. The van der Waals surface area contributed by atoms with Gasteiger partial charge in [0.2, 0.25) is 0 Å². The Balaban J connectivity index is 1.33. The Morgan fingerprint density at radius 3 is 2.31 bits per heavy atom. The first kappa shape index (κ1) is 24.0. The Bertz CT molecular complexity index is 1410. The molecule has 0 aliphatic rings. The van der Waals surface area contributed by atoms with Crippen molar-refractivity contribution in [3.05, 3.63) is 96.3 Å². The minimum absolute atomic E-state index is 0.0257. The Labute approximate surface area is 203 Å². The molecule has 0 bridgehead atoms. The summed E-state index contributed by atoms with van der Waals surface area (Å²) in [4.78, 5) is 24.6. The molecular formula is C26H24N2O6S. The van der Waals surface area contributed by atoms with E-state index in [0.29, 0.717) is 11.4 Å². The zero-order valence-electron chi connectivity index (χ0n) is 19.2. The third-order valence-electron chi connectivity index (χ3n) is 5.45. The van der Waals surface area contributed by atoms with E-state index in [1.807, 2.05) is 30.3 Å². The normalized spacial score (nSPS) is 12.2. The number of ether oxygens (including phenoxy) is 1. The van der Waals surface area contributed by atoms with Crippen LogP contribution in [0.25, 0.3) is 11.0 Å². The lowest BCUT2D eigenvalue weighted by molar-refractivity contribution is -0.125. The quantitative estimate of drug-likeness (QED) is 0.368. The van der Waals surface area contributed by atoms with Gasteiger partial charge in [-0.15, -0.1) is 0 Å². The zero-order valence-corrected chi connectivity index (χ0v) is 20.0. The van der Waals surface area contributed by atoms with Crippen molar-refractivity contribution in [1.82, 2.24) is 5.32 Å². The molecule has 1 aromatic heterocycles. The Kier molecular flexibility index (Phi) is 6.88. The van der Waals surface area contributed by atoms with Crippen molar-refractivity contribution in [1.29, 1.82) is 0 Å². The highest BCUT2D eigenvalue weighted by Crippen LogP contribution is 2.24. The number of nitrogens with one attached hydrogen (secondary N) is 1. The number of amides is 1. The number of carbonyl (C=O) groups excluding carboxylic acids is 2. The van der Waals surface area contributed by atoms with Crippen molar-refractivity contribution >= 4 is 38.6 Å². The van der Waals surface area contributed by atoms with Crippen LogP contribution >= 0.6 is 0 Å². The standard InChI is InChI=1S/C26H24N2O6S/c1-18(24-16-20-8-6-7-11-23(20)34-24)27-25(29)17-33-26(30)19-12-14-22(15-13-19)35(31,32)28(2)21-9-4-3-5-10-21/h3-16,18H,17H2,1-2H3,(H,27,29). The molecule has 0 aliphatic heterocycles. The van der Waals surface area contributed by atoms with Gasteiger partial charge in [0.25, 0.3) is 15.9 Å². The Hall–Kier alpha value is -4.11. The smallest absolute Gasteiger partial charge is 0.338 e. The number of hydrogen-bond donors (Lipinski definition) is 1. The number of furan rings is 1. The van der Waals surface area contributed by atoms with Crippen molar-refractivity contribution in [2.24, 2.45) is 0 Å². The molecule has 8 nitrogen and oxygen atoms in total. The van der Waals surface area contributed by atoms with Crippen molar-refractivity contribution in [3.63, 3.8) is 0 Å². The maximum Gasteiger partial charge on any atom is 0.338 e. The van der Waals surface area contributed by atoms with Crippen LogP contribution in [0, 0.1) is 0 Å². The van der Waals surface area contributed by atoms with Crippen LogP contribution in [-0.4, -0.2) is 33.9 Å². The zero-order chi connectivity index (χ0) is 25.0. The molecule has 0 radical (unpaired) electrons. The van der Waals surface area contributed by atoms with Crippen molar-refractivity contribution in [2.45, 2.75) is 17.9 Å². The predicted octanol–water partition coefficient (Wildman–Crippen LogP) is 4.29. The largest absolute Gasteiger partial charge is 0.459 e. The molecule has 1 unspecified atom stereocenters. The van der Waals surface area contributed by atoms with E-state index in [-0.39, 0.29) is 10.5 Å². The molecule has 4 aromatic rings. The van der Waals surface area contributed by atoms with Gasteiger partial charge in [-0.05, 0) is 55.5 Å². The fraction of sp³-hybridized carbons (Fsp3) is 0.154. The maximum absolute atomic E-state index is 12.9. The van der Waals surface area contributed by atoms with Crippen molar-refractivity contribution < 1.29 is 27.2 Å². The summed E-state index contributed by atoms with van der Waals surface area (Å²) in [5.41, 5.74) is 1.36. The summed E-state index contributed by atoms with van der Waals surface area (Å²) >= 11 is 0. The first-order valence-electron chi connectivity index (χ1n) is 10.8. The number of anilines is 1. The first-order valence-corrected chi connectivity index (χ1v) is 12.3. The number of carbonyl (C=O) groups is 2. The second-order valence-corrected chi connectivity index (χ2v) is 9.85. The number of para-hydroxylation sites is 2. The van der Waals surface area contributed by atoms with Gasteiger partial charge in [-0.2, -0.15) is 0 Å². The van der Waals surface area contributed by atoms with E-state index in [1.165, 1.54) is 31.3 Å². The fourth-order valence-electron chi connectivity index (χ4n) is 3.48. The lowest BCUT2D eigenvalue weighted by atomic mass is 10.2. The van der Waals surface area contributed by atoms with Gasteiger partial charge in [-0.3, -0.25) is 9.10 Å². The van der Waals surface area contributed by atoms with Crippen LogP contribution < -0.4 is 9.62 Å². The van der Waals surface area contributed by atoms with Crippen LogP contribution in [0.5, 0.6) is 0 Å². The van der Waals surface area contributed by atoms with E-state index in [1.54, 1.807) is 37.3 Å². The maximum atomic E-state index is 12.9. The molecule has 1 amide bonds. The first-order chi connectivity index (χ1) is 16.8. The SMILES string of the molecule is CC(NC(=O)COC(=O)c1ccc(S(=O)(=O)N(C)c2ccccc2)cc1)c1cc2ccccc2o1. The number of nitrogens with zero attached hydrogens (tertiary/aromatic N) is 1. The lowest BCUT2D eigenvalue weighted by Gasteiger charge is -2.19. The average molecular weight is 493 g/mol. The number of rotatable bonds is 8. The fourth-order valence-corrected chi connectivity index (χ4v) is 4.68. The molecule has 35 heavy (non-hydrogen) atoms. The van der Waals surface area contributed by atoms with Crippen LogP contribution in [0.4, 0.5) is 5.69 Å². The van der Waals surface area contributed by atoms with Gasteiger partial charge in [0, 0.05) is 12.4 Å². The molecular weight excluding hydrogens is 468 g/mol. The summed E-state index contributed by atoms with van der Waals surface area (Å²) in [5, 5.41) is 3.65. The minimum atomic E-state index is -3.80. The van der Waals surface area contributed by atoms with E-state index in [9.17, 15) is 18.0 Å². The molecule has 4 rings (SSSR count). The molecule has 1 atom stereocenters. The number of esters is 1. The summed E-state index contributed by atoms with van der Waals surface area (Å²) in [6.45, 7) is 1.28. The van der Waals surface area contributed by atoms with Gasteiger partial charge in [0.05, 0.1) is 22.2 Å². The molecule has 0 aliphatic carbocycles. The van der Waals surface area contributed by atoms with Crippen molar-refractivity contribution in [3.8, 4) is 0 Å². The van der Waals surface area contributed by atoms with Crippen molar-refractivity contribution in [2.75, 3.05) is 18.0 Å².